The Morgan fingerprint density at radius 3 is 2.57 bits per heavy atom. The van der Waals surface area contributed by atoms with Crippen LogP contribution in [0.4, 0.5) is 0 Å². The fourth-order valence-corrected chi connectivity index (χ4v) is 3.70. The molecule has 0 unspecified atom stereocenters. The van der Waals surface area contributed by atoms with Crippen LogP contribution in [0.5, 0.6) is 5.75 Å². The van der Waals surface area contributed by atoms with Crippen LogP contribution in [0.1, 0.15) is 40.7 Å². The standard InChI is InChI=1S/C23H28N2O3/c1-16-14-17(8-11-21(16)27-2)12-13-24-23(26)22(25-28-3)20-10-9-18-6-4-5-7-19(18)15-20/h8-11,14-15H,4-7,12-13H2,1-3H3,(H,24,26). The lowest BCUT2D eigenvalue weighted by molar-refractivity contribution is -0.114. The summed E-state index contributed by atoms with van der Waals surface area (Å²) in [5.74, 6) is 0.651. The molecule has 0 saturated carbocycles. The van der Waals surface area contributed by atoms with Crippen molar-refractivity contribution in [1.29, 1.82) is 0 Å². The smallest absolute Gasteiger partial charge is 0.273 e. The van der Waals surface area contributed by atoms with Gasteiger partial charge in [0, 0.05) is 12.1 Å². The number of carbonyl (C=O) groups excluding carboxylic acids is 1. The second kappa shape index (κ2) is 9.40. The van der Waals surface area contributed by atoms with Crippen molar-refractivity contribution in [3.63, 3.8) is 0 Å². The molecule has 148 valence electrons. The molecule has 5 nitrogen and oxygen atoms in total. The molecule has 0 saturated heterocycles. The van der Waals surface area contributed by atoms with E-state index >= 15 is 0 Å². The molecule has 5 heteroatoms. The predicted molar refractivity (Wildman–Crippen MR) is 111 cm³/mol. The topological polar surface area (TPSA) is 59.9 Å². The first-order valence-corrected chi connectivity index (χ1v) is 9.77. The molecule has 1 aliphatic rings. The van der Waals surface area contributed by atoms with Crippen LogP contribution >= 0.6 is 0 Å². The fraction of sp³-hybridized carbons (Fsp3) is 0.391. The second-order valence-electron chi connectivity index (χ2n) is 7.12. The maximum atomic E-state index is 12.7. The van der Waals surface area contributed by atoms with Crippen LogP contribution in [0.2, 0.25) is 0 Å². The summed E-state index contributed by atoms with van der Waals surface area (Å²) in [5.41, 5.74) is 6.05. The third-order valence-electron chi connectivity index (χ3n) is 5.18. The molecule has 0 bridgehead atoms. The first-order chi connectivity index (χ1) is 13.6. The summed E-state index contributed by atoms with van der Waals surface area (Å²) in [6, 6.07) is 12.2. The molecule has 3 rings (SSSR count). The molecule has 2 aromatic rings. The Hall–Kier alpha value is -2.82. The van der Waals surface area contributed by atoms with Gasteiger partial charge in [-0.2, -0.15) is 0 Å². The SMILES string of the molecule is CON=C(C(=O)NCCc1ccc(OC)c(C)c1)c1ccc2c(c1)CCCC2. The summed E-state index contributed by atoms with van der Waals surface area (Å²) in [6.45, 7) is 2.54. The number of methoxy groups -OCH3 is 1. The average molecular weight is 380 g/mol. The highest BCUT2D eigenvalue weighted by atomic mass is 16.6. The van der Waals surface area contributed by atoms with E-state index in [1.807, 2.05) is 25.1 Å². The Morgan fingerprint density at radius 2 is 1.86 bits per heavy atom. The maximum absolute atomic E-state index is 12.7. The Morgan fingerprint density at radius 1 is 1.07 bits per heavy atom. The molecule has 1 N–H and O–H groups in total. The summed E-state index contributed by atoms with van der Waals surface area (Å²) < 4.78 is 5.29. The van der Waals surface area contributed by atoms with Crippen LogP contribution in [0, 0.1) is 6.92 Å². The summed E-state index contributed by atoms with van der Waals surface area (Å²) in [5, 5.41) is 6.96. The number of rotatable bonds is 7. The lowest BCUT2D eigenvalue weighted by Crippen LogP contribution is -2.33. The molecule has 0 fully saturated rings. The first kappa shape index (κ1) is 19.9. The molecule has 2 aromatic carbocycles. The van der Waals surface area contributed by atoms with Gasteiger partial charge in [0.15, 0.2) is 5.71 Å². The third kappa shape index (κ3) is 4.71. The number of carbonyl (C=O) groups is 1. The quantitative estimate of drug-likeness (QED) is 0.590. The fourth-order valence-electron chi connectivity index (χ4n) is 3.70. The van der Waals surface area contributed by atoms with Gasteiger partial charge in [-0.05, 0) is 73.4 Å². The molecule has 0 spiro atoms. The van der Waals surface area contributed by atoms with E-state index in [9.17, 15) is 4.79 Å². The van der Waals surface area contributed by atoms with Crippen LogP contribution in [-0.2, 0) is 28.9 Å². The van der Waals surface area contributed by atoms with Gasteiger partial charge in [-0.1, -0.05) is 29.4 Å². The summed E-state index contributed by atoms with van der Waals surface area (Å²) >= 11 is 0. The van der Waals surface area contributed by atoms with Crippen LogP contribution in [-0.4, -0.2) is 32.4 Å². The number of ether oxygens (including phenoxy) is 1. The van der Waals surface area contributed by atoms with Gasteiger partial charge in [0.25, 0.3) is 5.91 Å². The number of hydrogen-bond donors (Lipinski definition) is 1. The van der Waals surface area contributed by atoms with Crippen molar-refractivity contribution in [2.24, 2.45) is 5.16 Å². The minimum Gasteiger partial charge on any atom is -0.496 e. The molecular weight excluding hydrogens is 352 g/mol. The highest BCUT2D eigenvalue weighted by Crippen LogP contribution is 2.23. The van der Waals surface area contributed by atoms with Gasteiger partial charge in [-0.3, -0.25) is 4.79 Å². The van der Waals surface area contributed by atoms with E-state index in [1.165, 1.54) is 31.1 Å². The largest absolute Gasteiger partial charge is 0.496 e. The van der Waals surface area contributed by atoms with Gasteiger partial charge < -0.3 is 14.9 Å². The Balaban J connectivity index is 1.65. The molecule has 0 radical (unpaired) electrons. The minimum absolute atomic E-state index is 0.220. The van der Waals surface area contributed by atoms with Crippen molar-refractivity contribution < 1.29 is 14.4 Å². The number of oxime groups is 1. The van der Waals surface area contributed by atoms with Gasteiger partial charge in [0.1, 0.15) is 12.9 Å². The number of nitrogens with one attached hydrogen (secondary N) is 1. The third-order valence-corrected chi connectivity index (χ3v) is 5.18. The highest BCUT2D eigenvalue weighted by molar-refractivity contribution is 6.45. The monoisotopic (exact) mass is 380 g/mol. The summed E-state index contributed by atoms with van der Waals surface area (Å²) in [4.78, 5) is 17.7. The molecule has 28 heavy (non-hydrogen) atoms. The van der Waals surface area contributed by atoms with Crippen LogP contribution in [0.3, 0.4) is 0 Å². The lowest BCUT2D eigenvalue weighted by atomic mass is 9.89. The van der Waals surface area contributed by atoms with E-state index in [-0.39, 0.29) is 5.91 Å². The Bertz CT molecular complexity index is 874. The van der Waals surface area contributed by atoms with E-state index in [2.05, 4.69) is 28.7 Å². The highest BCUT2D eigenvalue weighted by Gasteiger charge is 2.18. The average Bonchev–Trinajstić information content (AvgIpc) is 2.71. The van der Waals surface area contributed by atoms with Gasteiger partial charge in [-0.25, -0.2) is 0 Å². The van der Waals surface area contributed by atoms with E-state index in [0.29, 0.717) is 12.3 Å². The summed E-state index contributed by atoms with van der Waals surface area (Å²) in [7, 11) is 3.13. The van der Waals surface area contributed by atoms with Crippen LogP contribution in [0.15, 0.2) is 41.6 Å². The number of hydrogen-bond acceptors (Lipinski definition) is 4. The number of benzene rings is 2. The number of nitrogens with zero attached hydrogens (tertiary/aromatic N) is 1. The van der Waals surface area contributed by atoms with E-state index in [1.54, 1.807) is 7.11 Å². The van der Waals surface area contributed by atoms with Crippen molar-refractivity contribution in [1.82, 2.24) is 5.32 Å². The van der Waals surface area contributed by atoms with Crippen molar-refractivity contribution in [3.05, 3.63) is 64.2 Å². The van der Waals surface area contributed by atoms with E-state index < -0.39 is 0 Å². The van der Waals surface area contributed by atoms with Crippen molar-refractivity contribution >= 4 is 11.6 Å². The Kier molecular flexibility index (Phi) is 6.69. The molecule has 0 atom stereocenters. The number of aryl methyl sites for hydroxylation is 3. The van der Waals surface area contributed by atoms with Crippen LogP contribution < -0.4 is 10.1 Å². The zero-order valence-corrected chi connectivity index (χ0v) is 16.9. The van der Waals surface area contributed by atoms with Crippen molar-refractivity contribution in [2.45, 2.75) is 39.0 Å². The molecule has 1 amide bonds. The predicted octanol–water partition coefficient (Wildman–Crippen LogP) is 3.59. The van der Waals surface area contributed by atoms with Crippen molar-refractivity contribution in [2.75, 3.05) is 20.8 Å². The van der Waals surface area contributed by atoms with Gasteiger partial charge in [-0.15, -0.1) is 0 Å². The van der Waals surface area contributed by atoms with Gasteiger partial charge in [0.2, 0.25) is 0 Å². The van der Waals surface area contributed by atoms with E-state index in [4.69, 9.17) is 9.57 Å². The molecule has 1 aliphatic carbocycles. The molecule has 0 aromatic heterocycles. The minimum atomic E-state index is -0.220. The van der Waals surface area contributed by atoms with E-state index in [0.717, 1.165) is 41.7 Å². The molecular formula is C23H28N2O3. The maximum Gasteiger partial charge on any atom is 0.273 e. The summed E-state index contributed by atoms with van der Waals surface area (Å²) in [6.07, 6.45) is 5.33. The zero-order chi connectivity index (χ0) is 19.9. The number of amides is 1. The molecule has 0 aliphatic heterocycles. The van der Waals surface area contributed by atoms with Crippen LogP contribution in [0.25, 0.3) is 0 Å². The Labute approximate surface area is 166 Å². The van der Waals surface area contributed by atoms with Crippen molar-refractivity contribution in [3.8, 4) is 5.75 Å². The lowest BCUT2D eigenvalue weighted by Gasteiger charge is -2.17. The number of fused-ring (bicyclic) bond motifs is 1. The first-order valence-electron chi connectivity index (χ1n) is 9.77. The zero-order valence-electron chi connectivity index (χ0n) is 16.9. The normalized spacial score (nSPS) is 13.6. The van der Waals surface area contributed by atoms with Gasteiger partial charge in [0.05, 0.1) is 7.11 Å². The van der Waals surface area contributed by atoms with Gasteiger partial charge >= 0.3 is 0 Å². The molecule has 0 heterocycles. The second-order valence-corrected chi connectivity index (χ2v) is 7.12.